The normalized spacial score (nSPS) is 16.6. The van der Waals surface area contributed by atoms with E-state index >= 15 is 0 Å². The van der Waals surface area contributed by atoms with Gasteiger partial charge in [0.15, 0.2) is 0 Å². The summed E-state index contributed by atoms with van der Waals surface area (Å²) in [5.41, 5.74) is 1.15. The number of sulfonamides is 1. The molecule has 1 saturated heterocycles. The van der Waals surface area contributed by atoms with Crippen LogP contribution in [0.15, 0.2) is 24.3 Å². The number of ether oxygens (including phenoxy) is 1. The van der Waals surface area contributed by atoms with Gasteiger partial charge in [0.05, 0.1) is 18.6 Å². The summed E-state index contributed by atoms with van der Waals surface area (Å²) in [7, 11) is -1.95. The summed E-state index contributed by atoms with van der Waals surface area (Å²) in [5.74, 6) is 4.49. The third-order valence-corrected chi connectivity index (χ3v) is 4.60. The second kappa shape index (κ2) is 5.33. The van der Waals surface area contributed by atoms with Crippen molar-refractivity contribution in [1.82, 2.24) is 0 Å². The number of nitrogens with zero attached hydrogens (tertiary/aromatic N) is 1. The Morgan fingerprint density at radius 2 is 2.21 bits per heavy atom. The number of hydrogen-bond acceptors (Lipinski definition) is 4. The molecule has 100 valence electrons. The van der Waals surface area contributed by atoms with E-state index in [9.17, 15) is 13.2 Å². The third kappa shape index (κ3) is 3.06. The van der Waals surface area contributed by atoms with E-state index < -0.39 is 16.0 Å². The van der Waals surface area contributed by atoms with Gasteiger partial charge in [0.1, 0.15) is 0 Å². The summed E-state index contributed by atoms with van der Waals surface area (Å²) < 4.78 is 29.4. The predicted octanol–water partition coefficient (Wildman–Crippen LogP) is 0.751. The smallest absolute Gasteiger partial charge is 0.384 e. The molecule has 2 rings (SSSR count). The Bertz CT molecular complexity index is 655. The standard InChI is InChI=1S/C13H13NO4S/c1-18-13(15)7-6-11-4-2-5-12(10-11)14-8-3-9-19(14,16)17/h2,4-5,10H,3,8-9H2,1H3. The summed E-state index contributed by atoms with van der Waals surface area (Å²) in [6.45, 7) is 0.482. The van der Waals surface area contributed by atoms with Crippen LogP contribution in [0.2, 0.25) is 0 Å². The molecular formula is C13H13NO4S. The Balaban J connectivity index is 2.29. The average molecular weight is 279 g/mol. The molecule has 19 heavy (non-hydrogen) atoms. The summed E-state index contributed by atoms with van der Waals surface area (Å²) >= 11 is 0. The van der Waals surface area contributed by atoms with Crippen LogP contribution in [-0.2, 0) is 19.6 Å². The molecule has 0 atom stereocenters. The molecule has 0 aromatic heterocycles. The van der Waals surface area contributed by atoms with E-state index in [0.29, 0.717) is 24.2 Å². The highest BCUT2D eigenvalue weighted by Gasteiger charge is 2.28. The quantitative estimate of drug-likeness (QED) is 0.562. The number of benzene rings is 1. The monoisotopic (exact) mass is 279 g/mol. The van der Waals surface area contributed by atoms with Crippen LogP contribution in [0, 0.1) is 11.8 Å². The van der Waals surface area contributed by atoms with Gasteiger partial charge in [0.2, 0.25) is 10.0 Å². The highest BCUT2D eigenvalue weighted by Crippen LogP contribution is 2.24. The zero-order valence-electron chi connectivity index (χ0n) is 10.4. The van der Waals surface area contributed by atoms with Crippen molar-refractivity contribution in [2.24, 2.45) is 0 Å². The first-order valence-corrected chi connectivity index (χ1v) is 7.34. The minimum atomic E-state index is -3.20. The van der Waals surface area contributed by atoms with Crippen molar-refractivity contribution in [3.63, 3.8) is 0 Å². The summed E-state index contributed by atoms with van der Waals surface area (Å²) in [6.07, 6.45) is 0.625. The molecular weight excluding hydrogens is 266 g/mol. The van der Waals surface area contributed by atoms with E-state index in [-0.39, 0.29) is 5.75 Å². The highest BCUT2D eigenvalue weighted by atomic mass is 32.2. The lowest BCUT2D eigenvalue weighted by Crippen LogP contribution is -2.24. The topological polar surface area (TPSA) is 63.7 Å². The van der Waals surface area contributed by atoms with Crippen LogP contribution in [0.25, 0.3) is 0 Å². The first-order chi connectivity index (χ1) is 9.03. The molecule has 1 aliphatic heterocycles. The average Bonchev–Trinajstić information content (AvgIpc) is 2.76. The molecule has 1 heterocycles. The maximum Gasteiger partial charge on any atom is 0.384 e. The van der Waals surface area contributed by atoms with Crippen LogP contribution < -0.4 is 4.31 Å². The van der Waals surface area contributed by atoms with E-state index in [1.165, 1.54) is 11.4 Å². The summed E-state index contributed by atoms with van der Waals surface area (Å²) in [6, 6.07) is 6.79. The second-order valence-corrected chi connectivity index (χ2v) is 6.05. The van der Waals surface area contributed by atoms with Crippen LogP contribution in [0.4, 0.5) is 5.69 Å². The van der Waals surface area contributed by atoms with Crippen molar-refractivity contribution in [2.45, 2.75) is 6.42 Å². The van der Waals surface area contributed by atoms with E-state index in [2.05, 4.69) is 16.6 Å². The van der Waals surface area contributed by atoms with Crippen molar-refractivity contribution < 1.29 is 17.9 Å². The zero-order chi connectivity index (χ0) is 13.9. The summed E-state index contributed by atoms with van der Waals surface area (Å²) in [5, 5.41) is 0. The lowest BCUT2D eigenvalue weighted by atomic mass is 10.2. The maximum absolute atomic E-state index is 11.8. The molecule has 0 N–H and O–H groups in total. The van der Waals surface area contributed by atoms with Gasteiger partial charge in [-0.2, -0.15) is 0 Å². The van der Waals surface area contributed by atoms with Crippen molar-refractivity contribution in [2.75, 3.05) is 23.7 Å². The van der Waals surface area contributed by atoms with E-state index in [4.69, 9.17) is 0 Å². The number of rotatable bonds is 1. The molecule has 1 aromatic carbocycles. The fourth-order valence-electron chi connectivity index (χ4n) is 1.84. The number of esters is 1. The van der Waals surface area contributed by atoms with Gasteiger partial charge in [-0.1, -0.05) is 12.0 Å². The molecule has 6 heteroatoms. The Hall–Kier alpha value is -2.00. The lowest BCUT2D eigenvalue weighted by molar-refractivity contribution is -0.133. The van der Waals surface area contributed by atoms with Gasteiger partial charge in [-0.05, 0) is 24.6 Å². The fraction of sp³-hybridized carbons (Fsp3) is 0.308. The molecule has 1 aromatic rings. The number of hydrogen-bond donors (Lipinski definition) is 0. The predicted molar refractivity (Wildman–Crippen MR) is 71.1 cm³/mol. The molecule has 0 saturated carbocycles. The first kappa shape index (κ1) is 13.4. The van der Waals surface area contributed by atoms with Crippen molar-refractivity contribution in [1.29, 1.82) is 0 Å². The Kier molecular flexibility index (Phi) is 3.76. The number of anilines is 1. The maximum atomic E-state index is 11.8. The minimum absolute atomic E-state index is 0.172. The third-order valence-electron chi connectivity index (χ3n) is 2.73. The number of carbonyl (C=O) groups is 1. The SMILES string of the molecule is COC(=O)C#Cc1cccc(N2CCCS2(=O)=O)c1. The Morgan fingerprint density at radius 3 is 2.84 bits per heavy atom. The Morgan fingerprint density at radius 1 is 1.42 bits per heavy atom. The highest BCUT2D eigenvalue weighted by molar-refractivity contribution is 7.93. The second-order valence-electron chi connectivity index (χ2n) is 4.03. The van der Waals surface area contributed by atoms with Crippen LogP contribution in [0.1, 0.15) is 12.0 Å². The molecule has 0 amide bonds. The van der Waals surface area contributed by atoms with Gasteiger partial charge in [-0.25, -0.2) is 13.2 Å². The van der Waals surface area contributed by atoms with Crippen molar-refractivity contribution in [3.05, 3.63) is 29.8 Å². The van der Waals surface area contributed by atoms with E-state index in [1.807, 2.05) is 0 Å². The van der Waals surface area contributed by atoms with Crippen molar-refractivity contribution in [3.8, 4) is 11.8 Å². The van der Waals surface area contributed by atoms with Gasteiger partial charge < -0.3 is 4.74 Å². The number of methoxy groups -OCH3 is 1. The lowest BCUT2D eigenvalue weighted by Gasteiger charge is -2.16. The van der Waals surface area contributed by atoms with Crippen LogP contribution in [-0.4, -0.2) is 33.8 Å². The van der Waals surface area contributed by atoms with Crippen molar-refractivity contribution >= 4 is 21.7 Å². The largest absolute Gasteiger partial charge is 0.459 e. The molecule has 0 bridgehead atoms. The van der Waals surface area contributed by atoms with Gasteiger partial charge in [-0.3, -0.25) is 4.31 Å². The van der Waals surface area contributed by atoms with Crippen LogP contribution >= 0.6 is 0 Å². The molecule has 0 spiro atoms. The number of carbonyl (C=O) groups excluding carboxylic acids is 1. The molecule has 0 unspecified atom stereocenters. The fourth-order valence-corrected chi connectivity index (χ4v) is 3.40. The molecule has 1 fully saturated rings. The first-order valence-electron chi connectivity index (χ1n) is 5.73. The van der Waals surface area contributed by atoms with Gasteiger partial charge in [-0.15, -0.1) is 0 Å². The molecule has 5 nitrogen and oxygen atoms in total. The molecule has 0 radical (unpaired) electrons. The Labute approximate surface area is 112 Å². The minimum Gasteiger partial charge on any atom is -0.459 e. The molecule has 0 aliphatic carbocycles. The molecule has 1 aliphatic rings. The zero-order valence-corrected chi connectivity index (χ0v) is 11.2. The summed E-state index contributed by atoms with van der Waals surface area (Å²) in [4.78, 5) is 10.9. The van der Waals surface area contributed by atoms with Gasteiger partial charge >= 0.3 is 5.97 Å². The van der Waals surface area contributed by atoms with Crippen LogP contribution in [0.3, 0.4) is 0 Å². The van der Waals surface area contributed by atoms with E-state index in [0.717, 1.165) is 0 Å². The van der Waals surface area contributed by atoms with E-state index in [1.54, 1.807) is 24.3 Å². The van der Waals surface area contributed by atoms with Gasteiger partial charge in [0.25, 0.3) is 0 Å². The van der Waals surface area contributed by atoms with Crippen LogP contribution in [0.5, 0.6) is 0 Å². The van der Waals surface area contributed by atoms with Gasteiger partial charge in [0, 0.05) is 18.0 Å².